The van der Waals surface area contributed by atoms with Gasteiger partial charge in [0.05, 0.1) is 0 Å². The Labute approximate surface area is 128 Å². The van der Waals surface area contributed by atoms with Crippen LogP contribution in [0.5, 0.6) is 11.5 Å². The van der Waals surface area contributed by atoms with E-state index >= 15 is 0 Å². The van der Waals surface area contributed by atoms with Gasteiger partial charge in [0.15, 0.2) is 0 Å². The fourth-order valence-corrected chi connectivity index (χ4v) is 2.96. The fraction of sp³-hybridized carbons (Fsp3) is 0.474. The number of allylic oxidation sites excluding steroid dienone is 2. The summed E-state index contributed by atoms with van der Waals surface area (Å²) in [6, 6.07) is 0. The number of rotatable bonds is 4. The van der Waals surface area contributed by atoms with E-state index in [0.717, 1.165) is 48.1 Å². The summed E-state index contributed by atoms with van der Waals surface area (Å²) in [5.74, 6) is 1.40. The van der Waals surface area contributed by atoms with Gasteiger partial charge in [0.25, 0.3) is 0 Å². The maximum Gasteiger partial charge on any atom is 0.127 e. The van der Waals surface area contributed by atoms with Gasteiger partial charge in [-0.3, -0.25) is 0 Å². The molecular formula is C19H26O2. The van der Waals surface area contributed by atoms with E-state index < -0.39 is 0 Å². The number of hydrogen-bond donors (Lipinski definition) is 1. The number of fused-ring (bicyclic) bond motifs is 1. The largest absolute Gasteiger partial charge is 0.507 e. The molecule has 0 radical (unpaired) electrons. The fourth-order valence-electron chi connectivity index (χ4n) is 2.96. The highest BCUT2D eigenvalue weighted by molar-refractivity contribution is 5.58. The van der Waals surface area contributed by atoms with Crippen molar-refractivity contribution in [1.29, 1.82) is 0 Å². The minimum absolute atomic E-state index is 0.161. The Morgan fingerprint density at radius 1 is 1.19 bits per heavy atom. The lowest BCUT2D eigenvalue weighted by Gasteiger charge is -2.37. The van der Waals surface area contributed by atoms with Gasteiger partial charge in [0.1, 0.15) is 17.1 Å². The van der Waals surface area contributed by atoms with Gasteiger partial charge in [-0.05, 0) is 63.6 Å². The predicted molar refractivity (Wildman–Crippen MR) is 88.2 cm³/mol. The molecule has 0 aromatic heterocycles. The van der Waals surface area contributed by atoms with Crippen molar-refractivity contribution >= 4 is 0 Å². The van der Waals surface area contributed by atoms with E-state index in [1.807, 2.05) is 26.8 Å². The molecular weight excluding hydrogens is 260 g/mol. The zero-order valence-corrected chi connectivity index (χ0v) is 13.6. The second kappa shape index (κ2) is 5.97. The molecule has 2 heteroatoms. The SMILES string of the molecule is C=CC/C=C/C[C@]1(C)CCc2c(C)c(O)c(C)c(C)c2O1. The summed E-state index contributed by atoms with van der Waals surface area (Å²) in [5.41, 5.74) is 3.97. The van der Waals surface area contributed by atoms with Gasteiger partial charge in [-0.15, -0.1) is 6.58 Å². The molecule has 0 saturated heterocycles. The molecule has 1 aromatic rings. The molecule has 2 rings (SSSR count). The van der Waals surface area contributed by atoms with Crippen LogP contribution in [0.15, 0.2) is 24.8 Å². The predicted octanol–water partition coefficient (Wildman–Crippen LogP) is 4.92. The Hall–Kier alpha value is -1.70. The summed E-state index contributed by atoms with van der Waals surface area (Å²) in [5, 5.41) is 10.2. The van der Waals surface area contributed by atoms with Crippen molar-refractivity contribution in [3.63, 3.8) is 0 Å². The van der Waals surface area contributed by atoms with Crippen LogP contribution in [0, 0.1) is 20.8 Å². The first-order valence-electron chi connectivity index (χ1n) is 7.66. The van der Waals surface area contributed by atoms with E-state index in [2.05, 4.69) is 25.7 Å². The molecule has 1 aliphatic heterocycles. The number of phenolic OH excluding ortho intramolecular Hbond substituents is 1. The minimum Gasteiger partial charge on any atom is -0.507 e. The average Bonchev–Trinajstić information content (AvgIpc) is 2.47. The standard InChI is InChI=1S/C19H26O2/c1-6-7-8-9-11-19(5)12-10-16-15(4)17(20)13(2)14(3)18(16)21-19/h6,8-9,20H,1,7,10-12H2,2-5H3/b9-8+/t19-/m1/s1. The van der Waals surface area contributed by atoms with Crippen LogP contribution in [0.2, 0.25) is 0 Å². The highest BCUT2D eigenvalue weighted by Gasteiger charge is 2.33. The van der Waals surface area contributed by atoms with E-state index in [4.69, 9.17) is 4.74 Å². The van der Waals surface area contributed by atoms with Crippen molar-refractivity contribution < 1.29 is 9.84 Å². The molecule has 21 heavy (non-hydrogen) atoms. The van der Waals surface area contributed by atoms with Crippen molar-refractivity contribution in [3.8, 4) is 11.5 Å². The smallest absolute Gasteiger partial charge is 0.127 e. The van der Waals surface area contributed by atoms with E-state index in [1.165, 1.54) is 5.56 Å². The van der Waals surface area contributed by atoms with Crippen molar-refractivity contribution in [3.05, 3.63) is 47.1 Å². The van der Waals surface area contributed by atoms with Crippen LogP contribution in [0.25, 0.3) is 0 Å². The van der Waals surface area contributed by atoms with Gasteiger partial charge in [-0.2, -0.15) is 0 Å². The van der Waals surface area contributed by atoms with E-state index in [-0.39, 0.29) is 5.60 Å². The molecule has 1 aromatic carbocycles. The van der Waals surface area contributed by atoms with E-state index in [0.29, 0.717) is 5.75 Å². The number of phenols is 1. The van der Waals surface area contributed by atoms with Gasteiger partial charge in [0, 0.05) is 12.0 Å². The molecule has 0 saturated carbocycles. The molecule has 1 N–H and O–H groups in total. The summed E-state index contributed by atoms with van der Waals surface area (Å²) >= 11 is 0. The number of aromatic hydroxyl groups is 1. The second-order valence-corrected chi connectivity index (χ2v) is 6.28. The molecule has 1 atom stereocenters. The highest BCUT2D eigenvalue weighted by atomic mass is 16.5. The van der Waals surface area contributed by atoms with Crippen LogP contribution in [0.3, 0.4) is 0 Å². The molecule has 1 aliphatic rings. The third kappa shape index (κ3) is 2.99. The van der Waals surface area contributed by atoms with Gasteiger partial charge in [-0.25, -0.2) is 0 Å². The van der Waals surface area contributed by atoms with Gasteiger partial charge in [0.2, 0.25) is 0 Å². The van der Waals surface area contributed by atoms with Crippen LogP contribution < -0.4 is 4.74 Å². The zero-order valence-electron chi connectivity index (χ0n) is 13.6. The second-order valence-electron chi connectivity index (χ2n) is 6.28. The first-order valence-corrected chi connectivity index (χ1v) is 7.66. The molecule has 114 valence electrons. The zero-order chi connectivity index (χ0) is 15.6. The van der Waals surface area contributed by atoms with Crippen molar-refractivity contribution in [2.45, 2.75) is 59.0 Å². The Bertz CT molecular complexity index is 584. The topological polar surface area (TPSA) is 29.5 Å². The number of hydrogen-bond acceptors (Lipinski definition) is 2. The van der Waals surface area contributed by atoms with Crippen LogP contribution in [0.4, 0.5) is 0 Å². The molecule has 2 nitrogen and oxygen atoms in total. The third-order valence-corrected chi connectivity index (χ3v) is 4.61. The molecule has 0 spiro atoms. The number of ether oxygens (including phenoxy) is 1. The summed E-state index contributed by atoms with van der Waals surface area (Å²) in [4.78, 5) is 0. The lowest BCUT2D eigenvalue weighted by molar-refractivity contribution is 0.0666. The van der Waals surface area contributed by atoms with Gasteiger partial charge in [-0.1, -0.05) is 18.2 Å². The maximum atomic E-state index is 10.2. The summed E-state index contributed by atoms with van der Waals surface area (Å²) in [7, 11) is 0. The van der Waals surface area contributed by atoms with Crippen molar-refractivity contribution in [2.75, 3.05) is 0 Å². The lowest BCUT2D eigenvalue weighted by Crippen LogP contribution is -2.36. The monoisotopic (exact) mass is 286 g/mol. The average molecular weight is 286 g/mol. The van der Waals surface area contributed by atoms with Crippen LogP contribution in [0.1, 0.15) is 48.4 Å². The number of benzene rings is 1. The molecule has 1 heterocycles. The lowest BCUT2D eigenvalue weighted by atomic mass is 9.85. The quantitative estimate of drug-likeness (QED) is 0.796. The van der Waals surface area contributed by atoms with Crippen molar-refractivity contribution in [2.24, 2.45) is 0 Å². The molecule has 0 amide bonds. The van der Waals surface area contributed by atoms with Gasteiger partial charge >= 0.3 is 0 Å². The molecule has 0 bridgehead atoms. The highest BCUT2D eigenvalue weighted by Crippen LogP contribution is 2.44. The van der Waals surface area contributed by atoms with Crippen LogP contribution >= 0.6 is 0 Å². The third-order valence-electron chi connectivity index (χ3n) is 4.61. The Morgan fingerprint density at radius 3 is 2.57 bits per heavy atom. The van der Waals surface area contributed by atoms with Crippen LogP contribution in [-0.2, 0) is 6.42 Å². The summed E-state index contributed by atoms with van der Waals surface area (Å²) < 4.78 is 6.36. The minimum atomic E-state index is -0.161. The van der Waals surface area contributed by atoms with E-state index in [9.17, 15) is 5.11 Å². The molecule has 0 fully saturated rings. The Morgan fingerprint density at radius 2 is 1.90 bits per heavy atom. The first kappa shape index (κ1) is 15.7. The summed E-state index contributed by atoms with van der Waals surface area (Å²) in [6.45, 7) is 11.9. The van der Waals surface area contributed by atoms with Crippen molar-refractivity contribution in [1.82, 2.24) is 0 Å². The molecule has 0 aliphatic carbocycles. The normalized spacial score (nSPS) is 21.1. The maximum absolute atomic E-state index is 10.2. The Kier molecular flexibility index (Phi) is 4.46. The van der Waals surface area contributed by atoms with Crippen LogP contribution in [-0.4, -0.2) is 10.7 Å². The van der Waals surface area contributed by atoms with E-state index in [1.54, 1.807) is 0 Å². The van der Waals surface area contributed by atoms with Gasteiger partial charge < -0.3 is 9.84 Å². The first-order chi connectivity index (χ1) is 9.89. The summed E-state index contributed by atoms with van der Waals surface area (Å²) in [6.07, 6.45) is 9.95. The molecule has 0 unspecified atom stereocenters. The Balaban J connectivity index is 2.29.